The molecule has 194 valence electrons. The van der Waals surface area contributed by atoms with Crippen molar-refractivity contribution < 1.29 is 0 Å². The molecule has 1 nitrogen and oxygen atoms in total. The predicted molar refractivity (Wildman–Crippen MR) is 173 cm³/mol. The van der Waals surface area contributed by atoms with Gasteiger partial charge < -0.3 is 4.57 Å². The molecule has 3 heteroatoms. The fraction of sp³-hybridized carbons (Fsp3) is 0.0526. The molecule has 2 heterocycles. The van der Waals surface area contributed by atoms with Crippen LogP contribution in [0.3, 0.4) is 0 Å². The number of hydrogen-bond acceptors (Lipinski definition) is 0. The Morgan fingerprint density at radius 3 is 2.17 bits per heavy atom. The molecule has 7 aromatic rings. The van der Waals surface area contributed by atoms with Crippen LogP contribution in [0.2, 0.25) is 10.0 Å². The Labute approximate surface area is 248 Å². The molecule has 0 N–H and O–H groups in total. The van der Waals surface area contributed by atoms with E-state index in [0.717, 1.165) is 32.4 Å². The molecule has 0 bridgehead atoms. The van der Waals surface area contributed by atoms with E-state index in [9.17, 15) is 0 Å². The summed E-state index contributed by atoms with van der Waals surface area (Å²) < 4.78 is 2.38. The minimum atomic E-state index is -0.375. The quantitative estimate of drug-likeness (QED) is 0.197. The van der Waals surface area contributed by atoms with Crippen LogP contribution in [0.15, 0.2) is 121 Å². The van der Waals surface area contributed by atoms with Gasteiger partial charge in [-0.1, -0.05) is 120 Å². The van der Waals surface area contributed by atoms with Crippen molar-refractivity contribution in [3.63, 3.8) is 0 Å². The van der Waals surface area contributed by atoms with Gasteiger partial charge in [0.1, 0.15) is 0 Å². The maximum atomic E-state index is 7.14. The molecule has 1 atom stereocenters. The van der Waals surface area contributed by atoms with Crippen LogP contribution >= 0.6 is 23.2 Å². The second-order valence-corrected chi connectivity index (χ2v) is 12.1. The van der Waals surface area contributed by atoms with Gasteiger partial charge in [-0.15, -0.1) is 0 Å². The molecule has 6 aromatic carbocycles. The van der Waals surface area contributed by atoms with Crippen molar-refractivity contribution in [2.24, 2.45) is 0 Å². The highest BCUT2D eigenvalue weighted by Gasteiger charge is 2.45. The third-order valence-corrected chi connectivity index (χ3v) is 9.97. The third kappa shape index (κ3) is 2.88. The topological polar surface area (TPSA) is 4.93 Å². The van der Waals surface area contributed by atoms with E-state index in [0.29, 0.717) is 0 Å². The Kier molecular flexibility index (Phi) is 4.64. The predicted octanol–water partition coefficient (Wildman–Crippen LogP) is 11.1. The van der Waals surface area contributed by atoms with Gasteiger partial charge in [0, 0.05) is 37.9 Å². The Morgan fingerprint density at radius 2 is 1.29 bits per heavy atom. The van der Waals surface area contributed by atoms with Crippen molar-refractivity contribution in [3.05, 3.63) is 148 Å². The van der Waals surface area contributed by atoms with Crippen molar-refractivity contribution in [3.8, 4) is 39.1 Å². The van der Waals surface area contributed by atoms with Crippen LogP contribution in [0.5, 0.6) is 0 Å². The summed E-state index contributed by atoms with van der Waals surface area (Å²) in [5.74, 6) is 0. The highest BCUT2D eigenvalue weighted by atomic mass is 35.5. The minimum absolute atomic E-state index is 0.375. The van der Waals surface area contributed by atoms with Gasteiger partial charge in [0.05, 0.1) is 21.7 Å². The van der Waals surface area contributed by atoms with Crippen molar-refractivity contribution >= 4 is 45.0 Å². The zero-order valence-electron chi connectivity index (χ0n) is 22.3. The van der Waals surface area contributed by atoms with Crippen LogP contribution in [-0.2, 0) is 5.41 Å². The molecule has 1 unspecified atom stereocenters. The lowest BCUT2D eigenvalue weighted by atomic mass is 9.73. The summed E-state index contributed by atoms with van der Waals surface area (Å²) >= 11 is 14.2. The average molecular weight is 565 g/mol. The van der Waals surface area contributed by atoms with Gasteiger partial charge in [-0.05, 0) is 64.6 Å². The van der Waals surface area contributed by atoms with E-state index in [2.05, 4.69) is 121 Å². The normalized spacial score (nSPS) is 16.3. The molecular weight excluding hydrogens is 541 g/mol. The van der Waals surface area contributed by atoms with E-state index < -0.39 is 0 Å². The Morgan fingerprint density at radius 1 is 0.561 bits per heavy atom. The first-order chi connectivity index (χ1) is 20.1. The summed E-state index contributed by atoms with van der Waals surface area (Å²) in [5.41, 5.74) is 13.8. The molecule has 1 aliphatic heterocycles. The number of rotatable bonds is 2. The third-order valence-electron chi connectivity index (χ3n) is 9.35. The minimum Gasteiger partial charge on any atom is -0.306 e. The zero-order valence-corrected chi connectivity index (χ0v) is 23.8. The standard InChI is InChI=1S/C38H23Cl2N/c1-38(24-12-7-11-23(21-24)22-9-3-2-4-10-22)28-19-20-30(39)33-27-14-8-15-31(40)36(27)41-32-16-6-5-13-25(32)26-17-18-29(38)35(34(28)33)37(26)41/h2-21H,1H3. The summed E-state index contributed by atoms with van der Waals surface area (Å²) in [6.07, 6.45) is 0. The lowest BCUT2D eigenvalue weighted by molar-refractivity contribution is 0.714. The molecule has 1 aliphatic carbocycles. The maximum absolute atomic E-state index is 7.14. The van der Waals surface area contributed by atoms with Crippen molar-refractivity contribution in [2.45, 2.75) is 12.3 Å². The highest BCUT2D eigenvalue weighted by Crippen LogP contribution is 2.61. The molecule has 2 aliphatic rings. The van der Waals surface area contributed by atoms with Gasteiger partial charge >= 0.3 is 0 Å². The van der Waals surface area contributed by atoms with Crippen LogP contribution < -0.4 is 0 Å². The van der Waals surface area contributed by atoms with E-state index in [1.54, 1.807) is 0 Å². The number of fused-ring (bicyclic) bond motifs is 6. The van der Waals surface area contributed by atoms with E-state index in [4.69, 9.17) is 23.2 Å². The van der Waals surface area contributed by atoms with Crippen LogP contribution in [0.1, 0.15) is 23.6 Å². The lowest BCUT2D eigenvalue weighted by Crippen LogP contribution is -2.22. The van der Waals surface area contributed by atoms with Crippen molar-refractivity contribution in [1.29, 1.82) is 0 Å². The molecule has 0 saturated carbocycles. The van der Waals surface area contributed by atoms with E-state index in [-0.39, 0.29) is 5.41 Å². The summed E-state index contributed by atoms with van der Waals surface area (Å²) in [6.45, 7) is 2.37. The van der Waals surface area contributed by atoms with Gasteiger partial charge in [0.2, 0.25) is 0 Å². The van der Waals surface area contributed by atoms with Gasteiger partial charge in [-0.25, -0.2) is 0 Å². The van der Waals surface area contributed by atoms with E-state index in [1.807, 2.05) is 12.1 Å². The Hall–Kier alpha value is -4.30. The number of nitrogens with zero attached hydrogens (tertiary/aromatic N) is 1. The molecule has 1 aromatic heterocycles. The Bertz CT molecular complexity index is 2240. The van der Waals surface area contributed by atoms with Crippen LogP contribution in [0.4, 0.5) is 0 Å². The summed E-state index contributed by atoms with van der Waals surface area (Å²) in [6, 6.07) is 43.4. The molecule has 41 heavy (non-hydrogen) atoms. The summed E-state index contributed by atoms with van der Waals surface area (Å²) in [4.78, 5) is 0. The van der Waals surface area contributed by atoms with E-state index >= 15 is 0 Å². The first-order valence-corrected chi connectivity index (χ1v) is 14.7. The average Bonchev–Trinajstić information content (AvgIpc) is 3.42. The maximum Gasteiger partial charge on any atom is 0.0727 e. The molecule has 0 radical (unpaired) electrons. The Balaban J connectivity index is 1.48. The largest absolute Gasteiger partial charge is 0.306 e. The fourth-order valence-electron chi connectivity index (χ4n) is 7.52. The first kappa shape index (κ1) is 23.4. The summed E-state index contributed by atoms with van der Waals surface area (Å²) in [5, 5.41) is 3.91. The smallest absolute Gasteiger partial charge is 0.0727 e. The molecule has 0 fully saturated rings. The summed E-state index contributed by atoms with van der Waals surface area (Å²) in [7, 11) is 0. The lowest BCUT2D eigenvalue weighted by Gasteiger charge is -2.29. The SMILES string of the molecule is CC1(c2cccc(-c3ccccc3)c2)c2ccc(Cl)c3c2-c2c1ccc1c4ccccc4n(c21)-c1c(Cl)cccc1-3. The first-order valence-electron chi connectivity index (χ1n) is 13.9. The second-order valence-electron chi connectivity index (χ2n) is 11.3. The molecular formula is C38H23Cl2N. The molecule has 0 amide bonds. The molecule has 0 spiro atoms. The number of hydrogen-bond donors (Lipinski definition) is 0. The van der Waals surface area contributed by atoms with Crippen LogP contribution in [0, 0.1) is 0 Å². The number of para-hydroxylation sites is 2. The van der Waals surface area contributed by atoms with Gasteiger partial charge in [-0.2, -0.15) is 0 Å². The van der Waals surface area contributed by atoms with Crippen LogP contribution in [0.25, 0.3) is 60.9 Å². The zero-order chi connectivity index (χ0) is 27.5. The highest BCUT2D eigenvalue weighted by molar-refractivity contribution is 6.37. The molecule has 9 rings (SSSR count). The number of halogens is 2. The number of aromatic nitrogens is 1. The van der Waals surface area contributed by atoms with Crippen molar-refractivity contribution in [1.82, 2.24) is 4.57 Å². The van der Waals surface area contributed by atoms with Gasteiger partial charge in [0.25, 0.3) is 0 Å². The number of benzene rings is 6. The van der Waals surface area contributed by atoms with Gasteiger partial charge in [0.15, 0.2) is 0 Å². The van der Waals surface area contributed by atoms with Gasteiger partial charge in [-0.3, -0.25) is 0 Å². The van der Waals surface area contributed by atoms with Crippen molar-refractivity contribution in [2.75, 3.05) is 0 Å². The fourth-order valence-corrected chi connectivity index (χ4v) is 8.04. The van der Waals surface area contributed by atoms with Crippen LogP contribution in [-0.4, -0.2) is 4.57 Å². The van der Waals surface area contributed by atoms with E-state index in [1.165, 1.54) is 55.2 Å². The second kappa shape index (κ2) is 8.13. The molecule has 0 saturated heterocycles. The monoisotopic (exact) mass is 563 g/mol.